The first-order valence-electron chi connectivity index (χ1n) is 8.28. The van der Waals surface area contributed by atoms with Gasteiger partial charge in [0.05, 0.1) is 14.2 Å². The largest absolute Gasteiger partial charge is 0.497 e. The van der Waals surface area contributed by atoms with E-state index in [0.29, 0.717) is 22.6 Å². The molecule has 0 radical (unpaired) electrons. The van der Waals surface area contributed by atoms with E-state index in [9.17, 15) is 9.59 Å². The molecule has 1 aromatic heterocycles. The number of benzene rings is 2. The molecule has 138 valence electrons. The molecule has 1 heterocycles. The second kappa shape index (κ2) is 8.23. The van der Waals surface area contributed by atoms with Crippen molar-refractivity contribution in [3.05, 3.63) is 65.9 Å². The third kappa shape index (κ3) is 4.17. The number of H-pyrrole nitrogens is 1. The molecule has 6 heteroatoms. The van der Waals surface area contributed by atoms with E-state index < -0.39 is 5.97 Å². The molecule has 3 rings (SSSR count). The van der Waals surface area contributed by atoms with Gasteiger partial charge in [-0.15, -0.1) is 0 Å². The maximum Gasteiger partial charge on any atom is 0.331 e. The van der Waals surface area contributed by atoms with Gasteiger partial charge in [-0.05, 0) is 24.3 Å². The van der Waals surface area contributed by atoms with E-state index in [1.165, 1.54) is 13.2 Å². The standard InChI is InChI=1S/C21H19NO5/c1-25-15-9-7-14(20(11-15)26-2)8-10-21(24)27-13-19(23)17-12-22-18-6-4-3-5-16(17)18/h3-12,22H,13H2,1-2H3. The molecule has 0 unspecified atom stereocenters. The van der Waals surface area contributed by atoms with Crippen LogP contribution in [0.4, 0.5) is 0 Å². The zero-order valence-corrected chi connectivity index (χ0v) is 15.0. The zero-order valence-electron chi connectivity index (χ0n) is 15.0. The molecule has 0 saturated heterocycles. The lowest BCUT2D eigenvalue weighted by Crippen LogP contribution is -2.12. The third-order valence-electron chi connectivity index (χ3n) is 4.07. The monoisotopic (exact) mass is 365 g/mol. The summed E-state index contributed by atoms with van der Waals surface area (Å²) in [6, 6.07) is 12.7. The molecular formula is C21H19NO5. The molecule has 0 fully saturated rings. The molecule has 0 saturated carbocycles. The maximum absolute atomic E-state index is 12.3. The Morgan fingerprint density at radius 3 is 2.67 bits per heavy atom. The molecule has 0 bridgehead atoms. The van der Waals surface area contributed by atoms with E-state index in [0.717, 1.165) is 10.9 Å². The number of aromatic amines is 1. The summed E-state index contributed by atoms with van der Waals surface area (Å²) in [5, 5.41) is 0.803. The number of nitrogens with one attached hydrogen (secondary N) is 1. The number of carbonyl (C=O) groups excluding carboxylic acids is 2. The van der Waals surface area contributed by atoms with Gasteiger partial charge in [-0.2, -0.15) is 0 Å². The van der Waals surface area contributed by atoms with Crippen LogP contribution in [0.3, 0.4) is 0 Å². The van der Waals surface area contributed by atoms with Gasteiger partial charge in [0.2, 0.25) is 5.78 Å². The van der Waals surface area contributed by atoms with Crippen molar-refractivity contribution in [1.82, 2.24) is 4.98 Å². The number of Topliss-reactive ketones (excluding diaryl/α,β-unsaturated/α-hetero) is 1. The van der Waals surface area contributed by atoms with E-state index >= 15 is 0 Å². The number of ether oxygens (including phenoxy) is 3. The summed E-state index contributed by atoms with van der Waals surface area (Å²) in [5.41, 5.74) is 2.05. The van der Waals surface area contributed by atoms with Crippen LogP contribution in [0.15, 0.2) is 54.7 Å². The van der Waals surface area contributed by atoms with Crippen LogP contribution >= 0.6 is 0 Å². The Bertz CT molecular complexity index is 1000. The minimum Gasteiger partial charge on any atom is -0.497 e. The first-order valence-corrected chi connectivity index (χ1v) is 8.28. The fourth-order valence-corrected chi connectivity index (χ4v) is 2.68. The van der Waals surface area contributed by atoms with Crippen molar-refractivity contribution in [1.29, 1.82) is 0 Å². The van der Waals surface area contributed by atoms with E-state index in [2.05, 4.69) is 4.98 Å². The highest BCUT2D eigenvalue weighted by Gasteiger charge is 2.13. The Balaban J connectivity index is 1.63. The SMILES string of the molecule is COc1ccc(C=CC(=O)OCC(=O)c2c[nH]c3ccccc23)c(OC)c1. The smallest absolute Gasteiger partial charge is 0.331 e. The average molecular weight is 365 g/mol. The van der Waals surface area contributed by atoms with Crippen molar-refractivity contribution in [3.8, 4) is 11.5 Å². The van der Waals surface area contributed by atoms with Crippen molar-refractivity contribution in [2.45, 2.75) is 0 Å². The second-order valence-electron chi connectivity index (χ2n) is 5.72. The summed E-state index contributed by atoms with van der Waals surface area (Å²) in [6.07, 6.45) is 4.45. The number of hydrogen-bond acceptors (Lipinski definition) is 5. The summed E-state index contributed by atoms with van der Waals surface area (Å²) < 4.78 is 15.5. The predicted molar refractivity (Wildman–Crippen MR) is 102 cm³/mol. The number of aromatic nitrogens is 1. The molecule has 0 amide bonds. The van der Waals surface area contributed by atoms with Gasteiger partial charge >= 0.3 is 5.97 Å². The van der Waals surface area contributed by atoms with Crippen LogP contribution in [0, 0.1) is 0 Å². The van der Waals surface area contributed by atoms with Gasteiger partial charge < -0.3 is 19.2 Å². The van der Waals surface area contributed by atoms with E-state index in [4.69, 9.17) is 14.2 Å². The number of para-hydroxylation sites is 1. The molecule has 27 heavy (non-hydrogen) atoms. The topological polar surface area (TPSA) is 77.6 Å². The van der Waals surface area contributed by atoms with Crippen molar-refractivity contribution in [2.75, 3.05) is 20.8 Å². The number of carbonyl (C=O) groups is 2. The first kappa shape index (κ1) is 18.3. The highest BCUT2D eigenvalue weighted by atomic mass is 16.5. The van der Waals surface area contributed by atoms with Gasteiger partial charge in [0.25, 0.3) is 0 Å². The van der Waals surface area contributed by atoms with Crippen LogP contribution < -0.4 is 9.47 Å². The van der Waals surface area contributed by atoms with E-state index in [1.807, 2.05) is 24.3 Å². The van der Waals surface area contributed by atoms with Gasteiger partial charge in [0, 0.05) is 40.4 Å². The number of methoxy groups -OCH3 is 2. The van der Waals surface area contributed by atoms with Crippen LogP contribution in [0.2, 0.25) is 0 Å². The van der Waals surface area contributed by atoms with Crippen molar-refractivity contribution in [2.24, 2.45) is 0 Å². The normalized spacial score (nSPS) is 10.9. The fourth-order valence-electron chi connectivity index (χ4n) is 2.68. The molecule has 6 nitrogen and oxygen atoms in total. The summed E-state index contributed by atoms with van der Waals surface area (Å²) in [7, 11) is 3.09. The van der Waals surface area contributed by atoms with Crippen LogP contribution in [0.5, 0.6) is 11.5 Å². The first-order chi connectivity index (χ1) is 13.1. The lowest BCUT2D eigenvalue weighted by Gasteiger charge is -2.07. The Morgan fingerprint density at radius 1 is 1.07 bits per heavy atom. The molecule has 0 spiro atoms. The van der Waals surface area contributed by atoms with E-state index in [-0.39, 0.29) is 12.4 Å². The van der Waals surface area contributed by atoms with E-state index in [1.54, 1.807) is 37.6 Å². The van der Waals surface area contributed by atoms with Crippen LogP contribution in [0.25, 0.3) is 17.0 Å². The molecule has 2 aromatic carbocycles. The number of fused-ring (bicyclic) bond motifs is 1. The van der Waals surface area contributed by atoms with Gasteiger partial charge in [-0.1, -0.05) is 18.2 Å². The number of ketones is 1. The van der Waals surface area contributed by atoms with Crippen molar-refractivity contribution in [3.63, 3.8) is 0 Å². The Hall–Kier alpha value is -3.54. The molecular weight excluding hydrogens is 346 g/mol. The maximum atomic E-state index is 12.3. The Morgan fingerprint density at radius 2 is 1.89 bits per heavy atom. The summed E-state index contributed by atoms with van der Waals surface area (Å²) >= 11 is 0. The van der Waals surface area contributed by atoms with Crippen LogP contribution in [-0.4, -0.2) is 37.6 Å². The number of rotatable bonds is 7. The summed E-state index contributed by atoms with van der Waals surface area (Å²) in [5.74, 6) is 0.335. The minimum absolute atomic E-state index is 0.267. The van der Waals surface area contributed by atoms with Crippen LogP contribution in [0.1, 0.15) is 15.9 Å². The van der Waals surface area contributed by atoms with Gasteiger partial charge in [-0.3, -0.25) is 4.79 Å². The molecule has 0 aliphatic carbocycles. The molecule has 0 aliphatic heterocycles. The second-order valence-corrected chi connectivity index (χ2v) is 5.72. The third-order valence-corrected chi connectivity index (χ3v) is 4.07. The lowest BCUT2D eigenvalue weighted by molar-refractivity contribution is -0.136. The highest BCUT2D eigenvalue weighted by molar-refractivity contribution is 6.09. The molecule has 3 aromatic rings. The van der Waals surface area contributed by atoms with Gasteiger partial charge in [-0.25, -0.2) is 4.79 Å². The lowest BCUT2D eigenvalue weighted by atomic mass is 10.1. The molecule has 1 N–H and O–H groups in total. The van der Waals surface area contributed by atoms with Crippen molar-refractivity contribution < 1.29 is 23.8 Å². The number of hydrogen-bond donors (Lipinski definition) is 1. The molecule has 0 aliphatic rings. The van der Waals surface area contributed by atoms with Gasteiger partial charge in [0.15, 0.2) is 6.61 Å². The Kier molecular flexibility index (Phi) is 5.56. The predicted octanol–water partition coefficient (Wildman–Crippen LogP) is 3.62. The quantitative estimate of drug-likeness (QED) is 0.393. The summed E-state index contributed by atoms with van der Waals surface area (Å²) in [6.45, 7) is -0.329. The van der Waals surface area contributed by atoms with Gasteiger partial charge in [0.1, 0.15) is 11.5 Å². The highest BCUT2D eigenvalue weighted by Crippen LogP contribution is 2.25. The number of esters is 1. The average Bonchev–Trinajstić information content (AvgIpc) is 3.14. The summed E-state index contributed by atoms with van der Waals surface area (Å²) in [4.78, 5) is 27.3. The minimum atomic E-state index is -0.610. The fraction of sp³-hybridized carbons (Fsp3) is 0.143. The van der Waals surface area contributed by atoms with Crippen molar-refractivity contribution >= 4 is 28.7 Å². The Labute approximate surface area is 156 Å². The zero-order chi connectivity index (χ0) is 19.2. The molecule has 0 atom stereocenters. The van der Waals surface area contributed by atoms with Crippen LogP contribution in [-0.2, 0) is 9.53 Å².